The number of non-ortho nitro benzene ring substituents is 1. The van der Waals surface area contributed by atoms with Crippen molar-refractivity contribution in [2.75, 3.05) is 31.2 Å². The lowest BCUT2D eigenvalue weighted by Gasteiger charge is -2.30. The number of nitriles is 1. The number of nitro groups is 1. The molecule has 2 aromatic rings. The molecular weight excluding hydrogens is 330 g/mol. The monoisotopic (exact) mass is 349 g/mol. The number of aryl methyl sites for hydroxylation is 1. The minimum Gasteiger partial charge on any atom is -0.378 e. The Morgan fingerprint density at radius 3 is 2.50 bits per heavy atom. The van der Waals surface area contributed by atoms with Crippen LogP contribution < -0.4 is 4.90 Å². The fourth-order valence-electron chi connectivity index (χ4n) is 3.04. The summed E-state index contributed by atoms with van der Waals surface area (Å²) in [4.78, 5) is 12.6. The Morgan fingerprint density at radius 1 is 1.23 bits per heavy atom. The molecule has 1 fully saturated rings. The third-order valence-electron chi connectivity index (χ3n) is 4.39. The van der Waals surface area contributed by atoms with Gasteiger partial charge in [-0.1, -0.05) is 6.07 Å². The van der Waals surface area contributed by atoms with Gasteiger partial charge in [0.05, 0.1) is 29.8 Å². The largest absolute Gasteiger partial charge is 0.378 e. The van der Waals surface area contributed by atoms with Crippen LogP contribution in [0.3, 0.4) is 0 Å². The first-order chi connectivity index (χ1) is 12.6. The highest BCUT2D eigenvalue weighted by molar-refractivity contribution is 5.90. The standard InChI is InChI=1S/C20H19N3O3/c1-15-12-16(2-7-20(15)22-8-10-26-11-9-22)13-18(14-21)17-3-5-19(6-4-17)23(24)25/h2-7,12-13H,8-11H2,1H3/b18-13-. The lowest BCUT2D eigenvalue weighted by atomic mass is 10.0. The van der Waals surface area contributed by atoms with Crippen molar-refractivity contribution in [1.82, 2.24) is 0 Å². The van der Waals surface area contributed by atoms with Gasteiger partial charge in [-0.25, -0.2) is 0 Å². The molecule has 0 aromatic heterocycles. The first-order valence-electron chi connectivity index (χ1n) is 8.38. The van der Waals surface area contributed by atoms with E-state index in [-0.39, 0.29) is 5.69 Å². The van der Waals surface area contributed by atoms with Gasteiger partial charge in [-0.2, -0.15) is 5.26 Å². The summed E-state index contributed by atoms with van der Waals surface area (Å²) >= 11 is 0. The highest BCUT2D eigenvalue weighted by atomic mass is 16.6. The van der Waals surface area contributed by atoms with E-state index in [4.69, 9.17) is 4.74 Å². The Bertz CT molecular complexity index is 876. The Hall–Kier alpha value is -3.17. The second-order valence-corrected chi connectivity index (χ2v) is 6.12. The second kappa shape index (κ2) is 7.81. The van der Waals surface area contributed by atoms with E-state index in [1.54, 1.807) is 18.2 Å². The van der Waals surface area contributed by atoms with E-state index in [9.17, 15) is 15.4 Å². The summed E-state index contributed by atoms with van der Waals surface area (Å²) in [5, 5.41) is 20.2. The van der Waals surface area contributed by atoms with Crippen molar-refractivity contribution < 1.29 is 9.66 Å². The maximum Gasteiger partial charge on any atom is 0.269 e. The quantitative estimate of drug-likeness (QED) is 0.363. The van der Waals surface area contributed by atoms with Crippen LogP contribution in [0.15, 0.2) is 42.5 Å². The molecule has 0 amide bonds. The van der Waals surface area contributed by atoms with Crippen molar-refractivity contribution in [2.24, 2.45) is 0 Å². The molecule has 0 aliphatic carbocycles. The molecule has 26 heavy (non-hydrogen) atoms. The zero-order chi connectivity index (χ0) is 18.5. The van der Waals surface area contributed by atoms with Gasteiger partial charge in [0.1, 0.15) is 0 Å². The summed E-state index contributed by atoms with van der Waals surface area (Å²) < 4.78 is 5.39. The molecule has 6 nitrogen and oxygen atoms in total. The van der Waals surface area contributed by atoms with Gasteiger partial charge in [-0.15, -0.1) is 0 Å². The molecule has 1 saturated heterocycles. The Labute approximate surface area is 152 Å². The maximum absolute atomic E-state index is 10.8. The number of hydrogen-bond acceptors (Lipinski definition) is 5. The topological polar surface area (TPSA) is 79.4 Å². The molecule has 0 atom stereocenters. The van der Waals surface area contributed by atoms with Crippen LogP contribution in [-0.4, -0.2) is 31.2 Å². The van der Waals surface area contributed by atoms with Gasteiger partial charge >= 0.3 is 0 Å². The van der Waals surface area contributed by atoms with Crippen molar-refractivity contribution >= 4 is 23.0 Å². The number of nitrogens with zero attached hydrogens (tertiary/aromatic N) is 3. The Kier molecular flexibility index (Phi) is 5.30. The van der Waals surface area contributed by atoms with Crippen molar-refractivity contribution in [3.63, 3.8) is 0 Å². The third-order valence-corrected chi connectivity index (χ3v) is 4.39. The van der Waals surface area contributed by atoms with Crippen LogP contribution >= 0.6 is 0 Å². The molecule has 1 heterocycles. The van der Waals surface area contributed by atoms with E-state index in [2.05, 4.69) is 24.0 Å². The fourth-order valence-corrected chi connectivity index (χ4v) is 3.04. The van der Waals surface area contributed by atoms with Gasteiger partial charge in [0.15, 0.2) is 0 Å². The number of morpholine rings is 1. The zero-order valence-corrected chi connectivity index (χ0v) is 14.5. The predicted molar refractivity (Wildman–Crippen MR) is 101 cm³/mol. The van der Waals surface area contributed by atoms with E-state index in [0.29, 0.717) is 11.1 Å². The molecule has 0 radical (unpaired) electrons. The Balaban J connectivity index is 1.86. The van der Waals surface area contributed by atoms with Crippen LogP contribution in [0.25, 0.3) is 11.6 Å². The number of benzene rings is 2. The lowest BCUT2D eigenvalue weighted by molar-refractivity contribution is -0.384. The Morgan fingerprint density at radius 2 is 1.92 bits per heavy atom. The smallest absolute Gasteiger partial charge is 0.269 e. The molecule has 0 bridgehead atoms. The van der Waals surface area contributed by atoms with E-state index in [0.717, 1.165) is 37.4 Å². The fraction of sp³-hybridized carbons (Fsp3) is 0.250. The van der Waals surface area contributed by atoms with Gasteiger partial charge in [0, 0.05) is 30.9 Å². The van der Waals surface area contributed by atoms with Crippen LogP contribution in [0.2, 0.25) is 0 Å². The summed E-state index contributed by atoms with van der Waals surface area (Å²) in [5.41, 5.74) is 4.39. The summed E-state index contributed by atoms with van der Waals surface area (Å²) in [5.74, 6) is 0. The molecule has 3 rings (SSSR count). The maximum atomic E-state index is 10.8. The first-order valence-corrected chi connectivity index (χ1v) is 8.38. The molecule has 0 N–H and O–H groups in total. The van der Waals surface area contributed by atoms with Crippen LogP contribution in [0.5, 0.6) is 0 Å². The molecule has 132 valence electrons. The van der Waals surface area contributed by atoms with Crippen LogP contribution in [0.4, 0.5) is 11.4 Å². The average molecular weight is 349 g/mol. The second-order valence-electron chi connectivity index (χ2n) is 6.12. The van der Waals surface area contributed by atoms with Crippen molar-refractivity contribution in [3.05, 3.63) is 69.3 Å². The van der Waals surface area contributed by atoms with Crippen LogP contribution in [0, 0.1) is 28.4 Å². The normalized spacial score (nSPS) is 14.8. The molecular formula is C20H19N3O3. The zero-order valence-electron chi connectivity index (χ0n) is 14.5. The van der Waals surface area contributed by atoms with Gasteiger partial charge in [0.2, 0.25) is 0 Å². The molecule has 0 unspecified atom stereocenters. The van der Waals surface area contributed by atoms with Gasteiger partial charge < -0.3 is 9.64 Å². The summed E-state index contributed by atoms with van der Waals surface area (Å²) in [6.45, 7) is 5.28. The van der Waals surface area contributed by atoms with Crippen LogP contribution in [-0.2, 0) is 4.74 Å². The summed E-state index contributed by atoms with van der Waals surface area (Å²) in [6.07, 6.45) is 1.80. The minimum absolute atomic E-state index is 0.0109. The SMILES string of the molecule is Cc1cc(/C=C(/C#N)c2ccc([N+](=O)[O-])cc2)ccc1N1CCOCC1. The molecule has 1 aliphatic rings. The minimum atomic E-state index is -0.451. The summed E-state index contributed by atoms with van der Waals surface area (Å²) in [7, 11) is 0. The van der Waals surface area contributed by atoms with Crippen molar-refractivity contribution in [2.45, 2.75) is 6.92 Å². The molecule has 2 aromatic carbocycles. The van der Waals surface area contributed by atoms with Gasteiger partial charge in [0.25, 0.3) is 5.69 Å². The van der Waals surface area contributed by atoms with Crippen LogP contribution in [0.1, 0.15) is 16.7 Å². The van der Waals surface area contributed by atoms with Crippen molar-refractivity contribution in [1.29, 1.82) is 5.26 Å². The molecule has 0 spiro atoms. The number of anilines is 1. The number of rotatable bonds is 4. The van der Waals surface area contributed by atoms with Gasteiger partial charge in [-0.05, 0) is 54.0 Å². The predicted octanol–water partition coefficient (Wildman–Crippen LogP) is 3.80. The van der Waals surface area contributed by atoms with E-state index in [1.807, 2.05) is 12.1 Å². The van der Waals surface area contributed by atoms with E-state index >= 15 is 0 Å². The van der Waals surface area contributed by atoms with E-state index in [1.165, 1.54) is 17.8 Å². The molecule has 0 saturated carbocycles. The number of allylic oxidation sites excluding steroid dienone is 1. The number of hydrogen-bond donors (Lipinski definition) is 0. The third kappa shape index (κ3) is 3.90. The first kappa shape index (κ1) is 17.6. The highest BCUT2D eigenvalue weighted by Crippen LogP contribution is 2.25. The number of ether oxygens (including phenoxy) is 1. The highest BCUT2D eigenvalue weighted by Gasteiger charge is 2.13. The lowest BCUT2D eigenvalue weighted by Crippen LogP contribution is -2.36. The molecule has 6 heteroatoms. The molecule has 1 aliphatic heterocycles. The van der Waals surface area contributed by atoms with Gasteiger partial charge in [-0.3, -0.25) is 10.1 Å². The summed E-state index contributed by atoms with van der Waals surface area (Å²) in [6, 6.07) is 14.3. The van der Waals surface area contributed by atoms with Crippen molar-refractivity contribution in [3.8, 4) is 6.07 Å². The number of nitro benzene ring substituents is 1. The average Bonchev–Trinajstić information content (AvgIpc) is 2.67. The van der Waals surface area contributed by atoms with E-state index < -0.39 is 4.92 Å².